The molecule has 3 rings (SSSR count). The fourth-order valence-corrected chi connectivity index (χ4v) is 3.71. The van der Waals surface area contributed by atoms with Gasteiger partial charge in [-0.3, -0.25) is 15.2 Å². The second-order valence-electron chi connectivity index (χ2n) is 7.10. The number of carboxylic acids is 1. The molecule has 3 heterocycles. The number of aromatic nitrogens is 1. The van der Waals surface area contributed by atoms with Crippen LogP contribution in [0, 0.1) is 17.8 Å². The lowest BCUT2D eigenvalue weighted by atomic mass is 9.80. The van der Waals surface area contributed by atoms with Crippen LogP contribution in [0.1, 0.15) is 37.4 Å². The normalized spacial score (nSPS) is 22.5. The summed E-state index contributed by atoms with van der Waals surface area (Å²) in [6.07, 6.45) is 3.61. The monoisotopic (exact) mass is 347 g/mol. The van der Waals surface area contributed by atoms with Crippen LogP contribution >= 0.6 is 0 Å². The Balaban J connectivity index is 1.78. The fraction of sp³-hybridized carbons (Fsp3) is 0.588. The number of aliphatic carboxylic acids is 1. The lowest BCUT2D eigenvalue weighted by Gasteiger charge is -2.25. The quantitative estimate of drug-likeness (QED) is 0.428. The van der Waals surface area contributed by atoms with Gasteiger partial charge in [0.05, 0.1) is 5.92 Å². The summed E-state index contributed by atoms with van der Waals surface area (Å²) in [5.74, 6) is -0.400. The first kappa shape index (κ1) is 17.8. The van der Waals surface area contributed by atoms with Gasteiger partial charge in [0.15, 0.2) is 5.84 Å². The summed E-state index contributed by atoms with van der Waals surface area (Å²) in [7, 11) is 0. The summed E-state index contributed by atoms with van der Waals surface area (Å²) in [6.45, 7) is 5.92. The standard InChI is InChI=1S/C17H26N6O2/c1-10(2)15(17(24)25)14(16-20-22-23-21-16)7-13-4-3-11(9-19-13)12-5-6-18-8-12/h3-4,9-10,12,14-15,18,22-23H,5-8H2,1-2H3,(H,20,21)(H,24,25)/p+1. The molecule has 6 N–H and O–H groups in total. The molecule has 3 unspecified atom stereocenters. The van der Waals surface area contributed by atoms with Crippen LogP contribution in [-0.2, 0) is 11.2 Å². The Morgan fingerprint density at radius 3 is 2.80 bits per heavy atom. The van der Waals surface area contributed by atoms with E-state index in [0.717, 1.165) is 25.2 Å². The van der Waals surface area contributed by atoms with E-state index in [4.69, 9.17) is 0 Å². The molecule has 0 aliphatic carbocycles. The highest BCUT2D eigenvalue weighted by Crippen LogP contribution is 2.27. The summed E-state index contributed by atoms with van der Waals surface area (Å²) < 4.78 is 0. The van der Waals surface area contributed by atoms with Gasteiger partial charge in [0.25, 0.3) is 0 Å². The summed E-state index contributed by atoms with van der Waals surface area (Å²) in [5, 5.41) is 17.3. The summed E-state index contributed by atoms with van der Waals surface area (Å²) in [5.41, 5.74) is 9.47. The predicted molar refractivity (Wildman–Crippen MR) is 93.3 cm³/mol. The van der Waals surface area contributed by atoms with E-state index in [-0.39, 0.29) is 11.8 Å². The minimum atomic E-state index is -0.801. The molecular weight excluding hydrogens is 320 g/mol. The third-order valence-corrected chi connectivity index (χ3v) is 5.06. The number of carbonyl (C=O) groups is 1. The topological polar surface area (TPSA) is 115 Å². The van der Waals surface area contributed by atoms with Crippen molar-refractivity contribution in [2.45, 2.75) is 32.6 Å². The fourth-order valence-electron chi connectivity index (χ4n) is 3.71. The first-order valence-corrected chi connectivity index (χ1v) is 8.85. The van der Waals surface area contributed by atoms with Gasteiger partial charge in [-0.05, 0) is 41.5 Å². The van der Waals surface area contributed by atoms with Crippen LogP contribution in [0.2, 0.25) is 0 Å². The van der Waals surface area contributed by atoms with Crippen molar-refractivity contribution >= 4 is 11.8 Å². The van der Waals surface area contributed by atoms with Crippen molar-refractivity contribution in [2.24, 2.45) is 22.9 Å². The molecule has 0 aromatic carbocycles. The molecule has 0 radical (unpaired) electrons. The number of nitrogens with one attached hydrogen (secondary N) is 3. The molecule has 0 bridgehead atoms. The minimum absolute atomic E-state index is 0.00330. The van der Waals surface area contributed by atoms with E-state index in [0.29, 0.717) is 18.2 Å². The van der Waals surface area contributed by atoms with Crippen molar-refractivity contribution in [1.82, 2.24) is 21.3 Å². The van der Waals surface area contributed by atoms with Gasteiger partial charge in [0.2, 0.25) is 0 Å². The Hall–Kier alpha value is -2.03. The van der Waals surface area contributed by atoms with Gasteiger partial charge in [0, 0.05) is 30.8 Å². The molecule has 25 heavy (non-hydrogen) atoms. The highest BCUT2D eigenvalue weighted by atomic mass is 16.4. The third kappa shape index (κ3) is 4.15. The molecule has 3 atom stereocenters. The van der Waals surface area contributed by atoms with Gasteiger partial charge in [-0.1, -0.05) is 25.4 Å². The number of rotatable bonds is 7. The average Bonchev–Trinajstić information content (AvgIpc) is 3.28. The van der Waals surface area contributed by atoms with Crippen molar-refractivity contribution in [3.8, 4) is 0 Å². The zero-order valence-corrected chi connectivity index (χ0v) is 14.7. The van der Waals surface area contributed by atoms with Crippen LogP contribution in [-0.4, -0.2) is 35.0 Å². The molecule has 1 aromatic heterocycles. The summed E-state index contributed by atoms with van der Waals surface area (Å²) in [4.78, 5) is 16.4. The molecule has 8 heteroatoms. The van der Waals surface area contributed by atoms with Crippen LogP contribution in [0.4, 0.5) is 0 Å². The van der Waals surface area contributed by atoms with Gasteiger partial charge in [0.1, 0.15) is 0 Å². The number of pyridine rings is 1. The highest BCUT2D eigenvalue weighted by molar-refractivity contribution is 5.88. The maximum absolute atomic E-state index is 11.8. The molecule has 2 aliphatic heterocycles. The number of hydrazine groups is 1. The van der Waals surface area contributed by atoms with E-state index < -0.39 is 11.9 Å². The van der Waals surface area contributed by atoms with Crippen molar-refractivity contribution < 1.29 is 15.4 Å². The molecule has 1 aromatic rings. The molecule has 0 saturated carbocycles. The second-order valence-corrected chi connectivity index (χ2v) is 7.10. The molecule has 0 amide bonds. The zero-order chi connectivity index (χ0) is 17.8. The van der Waals surface area contributed by atoms with E-state index in [1.807, 2.05) is 26.1 Å². The maximum atomic E-state index is 11.8. The molecule has 8 nitrogen and oxygen atoms in total. The minimum Gasteiger partial charge on any atom is -0.481 e. The molecule has 0 spiro atoms. The highest BCUT2D eigenvalue weighted by Gasteiger charge is 2.37. The molecular formula is C17H27N6O2+. The first-order chi connectivity index (χ1) is 12.1. The van der Waals surface area contributed by atoms with E-state index in [9.17, 15) is 9.90 Å². The smallest absolute Gasteiger partial charge is 0.307 e. The number of nitrogens with two attached hydrogens (primary N) is 1. The van der Waals surface area contributed by atoms with E-state index in [2.05, 4.69) is 32.4 Å². The molecule has 136 valence electrons. The predicted octanol–water partition coefficient (Wildman–Crippen LogP) is -0.426. The molecule has 1 saturated heterocycles. The largest absolute Gasteiger partial charge is 0.481 e. The number of hydrogen-bond acceptors (Lipinski definition) is 6. The molecule has 1 fully saturated rings. The SMILES string of the molecule is CC(C)C(C(=O)O)C(Cc1ccc(C2CCNC2)cn1)C1=N[NH2+]NN1. The van der Waals surface area contributed by atoms with Crippen molar-refractivity contribution in [3.05, 3.63) is 29.6 Å². The van der Waals surface area contributed by atoms with Crippen molar-refractivity contribution in [2.75, 3.05) is 13.1 Å². The molecule has 2 aliphatic rings. The van der Waals surface area contributed by atoms with Crippen LogP contribution < -0.4 is 21.8 Å². The lowest BCUT2D eigenvalue weighted by Crippen LogP contribution is -2.87. The Morgan fingerprint density at radius 2 is 2.28 bits per heavy atom. The maximum Gasteiger partial charge on any atom is 0.307 e. The number of carboxylic acid groups (broad SMARTS) is 1. The van der Waals surface area contributed by atoms with Gasteiger partial charge >= 0.3 is 5.97 Å². The van der Waals surface area contributed by atoms with Crippen LogP contribution in [0.15, 0.2) is 23.4 Å². The van der Waals surface area contributed by atoms with Gasteiger partial charge in [-0.15, -0.1) is 5.53 Å². The summed E-state index contributed by atoms with van der Waals surface area (Å²) in [6, 6.07) is 4.14. The first-order valence-electron chi connectivity index (χ1n) is 8.85. The number of nitrogens with zero attached hydrogens (tertiary/aromatic N) is 2. The number of hydrogen-bond donors (Lipinski definition) is 5. The van der Waals surface area contributed by atoms with Gasteiger partial charge in [-0.25, -0.2) is 0 Å². The van der Waals surface area contributed by atoms with Crippen molar-refractivity contribution in [1.29, 1.82) is 0 Å². The Bertz CT molecular complexity index is 625. The van der Waals surface area contributed by atoms with Crippen LogP contribution in [0.5, 0.6) is 0 Å². The van der Waals surface area contributed by atoms with Gasteiger partial charge in [-0.2, -0.15) is 0 Å². The lowest BCUT2D eigenvalue weighted by molar-refractivity contribution is -0.713. The van der Waals surface area contributed by atoms with E-state index in [1.54, 1.807) is 5.53 Å². The van der Waals surface area contributed by atoms with E-state index >= 15 is 0 Å². The Kier molecular flexibility index (Phi) is 5.62. The third-order valence-electron chi connectivity index (χ3n) is 5.06. The van der Waals surface area contributed by atoms with Crippen molar-refractivity contribution in [3.63, 3.8) is 0 Å². The number of quaternary nitrogens is 1. The average molecular weight is 347 g/mol. The zero-order valence-electron chi connectivity index (χ0n) is 14.7. The summed E-state index contributed by atoms with van der Waals surface area (Å²) >= 11 is 0. The Labute approximate surface area is 147 Å². The van der Waals surface area contributed by atoms with Crippen LogP contribution in [0.25, 0.3) is 0 Å². The van der Waals surface area contributed by atoms with Crippen LogP contribution in [0.3, 0.4) is 0 Å². The van der Waals surface area contributed by atoms with E-state index in [1.165, 1.54) is 5.56 Å². The van der Waals surface area contributed by atoms with Gasteiger partial charge < -0.3 is 10.4 Å². The Morgan fingerprint density at radius 1 is 1.44 bits per heavy atom. The second kappa shape index (κ2) is 7.90. The number of amidine groups is 1.